The summed E-state index contributed by atoms with van der Waals surface area (Å²) in [5.41, 5.74) is 0.562. The summed E-state index contributed by atoms with van der Waals surface area (Å²) in [6.45, 7) is 3.30. The van der Waals surface area contributed by atoms with Gasteiger partial charge in [0.1, 0.15) is 4.88 Å². The van der Waals surface area contributed by atoms with Crippen LogP contribution < -0.4 is 0 Å². The highest BCUT2D eigenvalue weighted by atomic mass is 32.1. The lowest BCUT2D eigenvalue weighted by molar-refractivity contribution is -0.148. The van der Waals surface area contributed by atoms with E-state index in [0.717, 1.165) is 22.7 Å². The molecule has 1 amide bonds. The van der Waals surface area contributed by atoms with Crippen LogP contribution >= 0.6 is 22.7 Å². The van der Waals surface area contributed by atoms with Crippen LogP contribution in [-0.2, 0) is 17.5 Å². The van der Waals surface area contributed by atoms with Crippen LogP contribution in [0.25, 0.3) is 32.6 Å². The van der Waals surface area contributed by atoms with E-state index in [-0.39, 0.29) is 28.2 Å². The first-order valence-electron chi connectivity index (χ1n) is 10.3. The summed E-state index contributed by atoms with van der Waals surface area (Å²) in [7, 11) is 0. The fourth-order valence-electron chi connectivity index (χ4n) is 3.76. The van der Waals surface area contributed by atoms with Crippen molar-refractivity contribution in [2.45, 2.75) is 26.1 Å². The zero-order chi connectivity index (χ0) is 23.2. The molecular weight excluding hydrogens is 471 g/mol. The second kappa shape index (κ2) is 8.42. The van der Waals surface area contributed by atoms with Gasteiger partial charge in [-0.15, -0.1) is 22.7 Å². The number of amides is 1. The van der Waals surface area contributed by atoms with Crippen molar-refractivity contribution < 1.29 is 22.5 Å². The minimum atomic E-state index is -4.50. The number of nitrogens with zero attached hydrogens (tertiary/aromatic N) is 3. The van der Waals surface area contributed by atoms with Gasteiger partial charge in [-0.1, -0.05) is 42.4 Å². The second-order valence-corrected chi connectivity index (χ2v) is 9.95. The summed E-state index contributed by atoms with van der Waals surface area (Å²) < 4.78 is 46.3. The molecule has 0 aliphatic carbocycles. The van der Waals surface area contributed by atoms with Crippen molar-refractivity contribution in [3.8, 4) is 32.6 Å². The van der Waals surface area contributed by atoms with Gasteiger partial charge in [0.15, 0.2) is 0 Å². The topological polar surface area (TPSA) is 59.2 Å². The highest BCUT2D eigenvalue weighted by molar-refractivity contribution is 7.16. The third-order valence-corrected chi connectivity index (χ3v) is 7.77. The van der Waals surface area contributed by atoms with Gasteiger partial charge in [0.2, 0.25) is 11.7 Å². The number of carbonyl (C=O) groups excluding carboxylic acids is 1. The predicted molar refractivity (Wildman–Crippen MR) is 121 cm³/mol. The molecule has 0 saturated carbocycles. The maximum atomic E-state index is 13.7. The zero-order valence-corrected chi connectivity index (χ0v) is 19.1. The number of alkyl halides is 3. The quantitative estimate of drug-likeness (QED) is 0.287. The fourth-order valence-corrected chi connectivity index (χ4v) is 5.68. The highest BCUT2D eigenvalue weighted by Gasteiger charge is 2.37. The highest BCUT2D eigenvalue weighted by Crippen LogP contribution is 2.45. The molecule has 4 heterocycles. The summed E-state index contributed by atoms with van der Waals surface area (Å²) in [6, 6.07) is 13.6. The van der Waals surface area contributed by atoms with E-state index in [1.54, 1.807) is 35.2 Å². The third kappa shape index (κ3) is 4.20. The Bertz CT molecular complexity index is 1290. The van der Waals surface area contributed by atoms with Crippen molar-refractivity contribution in [3.05, 3.63) is 58.3 Å². The van der Waals surface area contributed by atoms with E-state index < -0.39 is 11.1 Å². The molecule has 3 aromatic heterocycles. The minimum absolute atomic E-state index is 0.0429. The third-order valence-electron chi connectivity index (χ3n) is 5.53. The Morgan fingerprint density at radius 1 is 1.12 bits per heavy atom. The maximum Gasteiger partial charge on any atom is 0.426 e. The van der Waals surface area contributed by atoms with Gasteiger partial charge in [-0.3, -0.25) is 4.79 Å². The molecule has 5 rings (SSSR count). The SMILES string of the molecule is CCC1CN(Cc2ccc(-c3noc(-c4cc(-c5ccccc5)c(C(F)(F)F)s4)n3)s2)C1=O. The molecule has 1 aromatic carbocycles. The molecular formula is C23H18F3N3O2S2. The molecule has 1 atom stereocenters. The molecule has 1 aliphatic heterocycles. The number of β-lactam (4-membered cyclic amide) rings is 1. The Labute approximate surface area is 195 Å². The molecule has 170 valence electrons. The number of aromatic nitrogens is 2. The Hall–Kier alpha value is -2.98. The van der Waals surface area contributed by atoms with E-state index in [1.807, 2.05) is 19.1 Å². The molecule has 1 fully saturated rings. The van der Waals surface area contributed by atoms with E-state index in [9.17, 15) is 18.0 Å². The first-order chi connectivity index (χ1) is 15.8. The lowest BCUT2D eigenvalue weighted by atomic mass is 9.96. The van der Waals surface area contributed by atoms with Crippen LogP contribution in [0, 0.1) is 5.92 Å². The van der Waals surface area contributed by atoms with Crippen LogP contribution in [-0.4, -0.2) is 27.5 Å². The van der Waals surface area contributed by atoms with Crippen LogP contribution in [0.1, 0.15) is 23.1 Å². The van der Waals surface area contributed by atoms with Gasteiger partial charge in [0, 0.05) is 17.0 Å². The van der Waals surface area contributed by atoms with Crippen molar-refractivity contribution in [1.29, 1.82) is 0 Å². The molecule has 0 bridgehead atoms. The minimum Gasteiger partial charge on any atom is -0.336 e. The molecule has 1 unspecified atom stereocenters. The Morgan fingerprint density at radius 3 is 2.61 bits per heavy atom. The number of thiophene rings is 2. The average Bonchev–Trinajstić information content (AvgIpc) is 3.55. The van der Waals surface area contributed by atoms with E-state index >= 15 is 0 Å². The van der Waals surface area contributed by atoms with E-state index in [1.165, 1.54) is 17.4 Å². The van der Waals surface area contributed by atoms with Gasteiger partial charge >= 0.3 is 6.18 Å². The number of carbonyl (C=O) groups is 1. The number of hydrogen-bond acceptors (Lipinski definition) is 6. The van der Waals surface area contributed by atoms with Crippen molar-refractivity contribution in [2.24, 2.45) is 5.92 Å². The summed E-state index contributed by atoms with van der Waals surface area (Å²) >= 11 is 2.02. The van der Waals surface area contributed by atoms with Gasteiger partial charge < -0.3 is 9.42 Å². The summed E-state index contributed by atoms with van der Waals surface area (Å²) in [6.07, 6.45) is -3.65. The Kier molecular flexibility index (Phi) is 5.57. The normalized spacial score (nSPS) is 16.3. The van der Waals surface area contributed by atoms with Gasteiger partial charge in [-0.25, -0.2) is 0 Å². The second-order valence-electron chi connectivity index (χ2n) is 7.73. The molecule has 5 nitrogen and oxygen atoms in total. The predicted octanol–water partition coefficient (Wildman–Crippen LogP) is 6.58. The average molecular weight is 490 g/mol. The molecule has 10 heteroatoms. The molecule has 1 aliphatic rings. The number of hydrogen-bond donors (Lipinski definition) is 0. The van der Waals surface area contributed by atoms with Gasteiger partial charge in [0.25, 0.3) is 5.89 Å². The molecule has 0 spiro atoms. The number of likely N-dealkylation sites (tertiary alicyclic amines) is 1. The largest absolute Gasteiger partial charge is 0.426 e. The van der Waals surface area contributed by atoms with E-state index in [2.05, 4.69) is 10.1 Å². The number of halogens is 3. The van der Waals surface area contributed by atoms with Crippen molar-refractivity contribution in [3.63, 3.8) is 0 Å². The lowest BCUT2D eigenvalue weighted by Gasteiger charge is -2.37. The first kappa shape index (κ1) is 21.8. The summed E-state index contributed by atoms with van der Waals surface area (Å²) in [4.78, 5) is 19.5. The van der Waals surface area contributed by atoms with Crippen LogP contribution in [0.15, 0.2) is 53.1 Å². The smallest absolute Gasteiger partial charge is 0.336 e. The zero-order valence-electron chi connectivity index (χ0n) is 17.4. The monoisotopic (exact) mass is 489 g/mol. The van der Waals surface area contributed by atoms with E-state index in [0.29, 0.717) is 29.3 Å². The van der Waals surface area contributed by atoms with Crippen LogP contribution in [0.5, 0.6) is 0 Å². The van der Waals surface area contributed by atoms with Gasteiger partial charge in [0.05, 0.1) is 22.2 Å². The van der Waals surface area contributed by atoms with Crippen molar-refractivity contribution >= 4 is 28.6 Å². The fraction of sp³-hybridized carbons (Fsp3) is 0.261. The van der Waals surface area contributed by atoms with Crippen LogP contribution in [0.4, 0.5) is 13.2 Å². The maximum absolute atomic E-state index is 13.7. The summed E-state index contributed by atoms with van der Waals surface area (Å²) in [5.74, 6) is 0.645. The number of benzene rings is 1. The van der Waals surface area contributed by atoms with Gasteiger partial charge in [-0.2, -0.15) is 18.2 Å². The van der Waals surface area contributed by atoms with Crippen molar-refractivity contribution in [2.75, 3.05) is 6.54 Å². The standard InChI is InChI=1S/C23H18F3N3O2S2/c1-2-13-11-29(22(13)30)12-15-8-9-17(32-15)20-27-21(31-28-20)18-10-16(14-6-4-3-5-7-14)19(33-18)23(24,25)26/h3-10,13H,2,11-12H2,1H3. The number of rotatable bonds is 6. The van der Waals surface area contributed by atoms with Gasteiger partial charge in [-0.05, 0) is 30.2 Å². The Morgan fingerprint density at radius 2 is 1.91 bits per heavy atom. The molecule has 1 saturated heterocycles. The van der Waals surface area contributed by atoms with Crippen LogP contribution in [0.2, 0.25) is 0 Å². The van der Waals surface area contributed by atoms with Crippen molar-refractivity contribution in [1.82, 2.24) is 15.0 Å². The summed E-state index contributed by atoms with van der Waals surface area (Å²) in [5, 5.41) is 3.97. The molecule has 0 radical (unpaired) electrons. The van der Waals surface area contributed by atoms with E-state index in [4.69, 9.17) is 4.52 Å². The lowest BCUT2D eigenvalue weighted by Crippen LogP contribution is -2.51. The molecule has 33 heavy (non-hydrogen) atoms. The molecule has 4 aromatic rings. The first-order valence-corrected chi connectivity index (χ1v) is 11.9. The van der Waals surface area contributed by atoms with Crippen LogP contribution in [0.3, 0.4) is 0 Å². The Balaban J connectivity index is 1.39. The molecule has 0 N–H and O–H groups in total.